The summed E-state index contributed by atoms with van der Waals surface area (Å²) >= 11 is 0. The minimum Gasteiger partial charge on any atom is -0.382 e. The van der Waals surface area contributed by atoms with Crippen molar-refractivity contribution in [2.24, 2.45) is 0 Å². The van der Waals surface area contributed by atoms with Gasteiger partial charge in [0, 0.05) is 7.11 Å². The topological polar surface area (TPSA) is 78.9 Å². The summed E-state index contributed by atoms with van der Waals surface area (Å²) in [6.45, 7) is 2.20. The van der Waals surface area contributed by atoms with E-state index in [4.69, 9.17) is 10.5 Å². The Morgan fingerprint density at radius 3 is 3.00 bits per heavy atom. The van der Waals surface area contributed by atoms with Crippen LogP contribution >= 0.6 is 0 Å². The Morgan fingerprint density at radius 2 is 2.29 bits per heavy atom. The lowest BCUT2D eigenvalue weighted by Gasteiger charge is -2.01. The van der Waals surface area contributed by atoms with Gasteiger partial charge in [-0.15, -0.1) is 0 Å². The van der Waals surface area contributed by atoms with Crippen LogP contribution in [0, 0.1) is 6.92 Å². The van der Waals surface area contributed by atoms with Gasteiger partial charge in [0.05, 0.1) is 6.33 Å². The Balaban J connectivity index is 2.66. The number of aromatic nitrogens is 4. The van der Waals surface area contributed by atoms with Gasteiger partial charge < -0.3 is 10.5 Å². The van der Waals surface area contributed by atoms with Crippen LogP contribution in [-0.2, 0) is 11.5 Å². The zero-order valence-electron chi connectivity index (χ0n) is 8.06. The van der Waals surface area contributed by atoms with Gasteiger partial charge in [0.2, 0.25) is 0 Å². The van der Waals surface area contributed by atoms with Gasteiger partial charge in [-0.1, -0.05) is 0 Å². The highest BCUT2D eigenvalue weighted by molar-refractivity contribution is 5.81. The summed E-state index contributed by atoms with van der Waals surface area (Å²) in [5.74, 6) is 1.04. The van der Waals surface area contributed by atoms with Crippen molar-refractivity contribution in [3.05, 3.63) is 12.2 Å². The van der Waals surface area contributed by atoms with Crippen molar-refractivity contribution in [3.63, 3.8) is 0 Å². The van der Waals surface area contributed by atoms with E-state index >= 15 is 0 Å². The maximum atomic E-state index is 5.70. The van der Waals surface area contributed by atoms with Crippen molar-refractivity contribution >= 4 is 17.0 Å². The summed E-state index contributed by atoms with van der Waals surface area (Å²) in [5.41, 5.74) is 7.02. The highest BCUT2D eigenvalue weighted by Gasteiger charge is 2.08. The van der Waals surface area contributed by atoms with Gasteiger partial charge >= 0.3 is 0 Å². The summed E-state index contributed by atoms with van der Waals surface area (Å²) in [7, 11) is 1.61. The molecule has 0 aliphatic heterocycles. The lowest BCUT2D eigenvalue weighted by atomic mass is 10.5. The molecule has 0 saturated heterocycles. The predicted molar refractivity (Wildman–Crippen MR) is 51.5 cm³/mol. The molecule has 0 aromatic carbocycles. The van der Waals surface area contributed by atoms with Crippen molar-refractivity contribution in [2.75, 3.05) is 12.8 Å². The van der Waals surface area contributed by atoms with Crippen molar-refractivity contribution in [1.29, 1.82) is 0 Å². The Hall–Kier alpha value is -1.69. The lowest BCUT2D eigenvalue weighted by Crippen LogP contribution is -2.02. The van der Waals surface area contributed by atoms with Crippen molar-refractivity contribution in [2.45, 2.75) is 13.7 Å². The summed E-state index contributed by atoms with van der Waals surface area (Å²) in [5, 5.41) is 0. The van der Waals surface area contributed by atoms with Gasteiger partial charge in [-0.3, -0.25) is 4.57 Å². The zero-order valence-corrected chi connectivity index (χ0v) is 8.06. The number of imidazole rings is 1. The number of nitrogens with zero attached hydrogens (tertiary/aromatic N) is 4. The van der Waals surface area contributed by atoms with E-state index in [0.717, 1.165) is 0 Å². The number of hydrogen-bond donors (Lipinski definition) is 1. The highest BCUT2D eigenvalue weighted by atomic mass is 16.5. The van der Waals surface area contributed by atoms with E-state index in [1.807, 2.05) is 0 Å². The number of methoxy groups -OCH3 is 1. The number of aryl methyl sites for hydroxylation is 1. The molecule has 2 N–H and O–H groups in total. The van der Waals surface area contributed by atoms with Crippen LogP contribution in [0.15, 0.2) is 6.33 Å². The average molecular weight is 193 g/mol. The van der Waals surface area contributed by atoms with Crippen molar-refractivity contribution < 1.29 is 4.74 Å². The van der Waals surface area contributed by atoms with Gasteiger partial charge in [0.1, 0.15) is 18.1 Å². The van der Waals surface area contributed by atoms with E-state index in [1.54, 1.807) is 24.9 Å². The first-order chi connectivity index (χ1) is 6.72. The molecular weight excluding hydrogens is 182 g/mol. The zero-order chi connectivity index (χ0) is 10.1. The van der Waals surface area contributed by atoms with Crippen molar-refractivity contribution in [1.82, 2.24) is 19.5 Å². The summed E-state index contributed by atoms with van der Waals surface area (Å²) in [6, 6.07) is 0. The number of nitrogens with two attached hydrogens (primary N) is 1. The van der Waals surface area contributed by atoms with E-state index in [1.165, 1.54) is 0 Å². The molecule has 0 aliphatic carbocycles. The second-order valence-corrected chi connectivity index (χ2v) is 2.96. The van der Waals surface area contributed by atoms with E-state index in [0.29, 0.717) is 29.5 Å². The lowest BCUT2D eigenvalue weighted by molar-refractivity contribution is 0.134. The number of fused-ring (bicyclic) bond motifs is 1. The molecule has 2 aromatic rings. The van der Waals surface area contributed by atoms with Gasteiger partial charge in [-0.25, -0.2) is 15.0 Å². The van der Waals surface area contributed by atoms with Crippen LogP contribution in [0.5, 0.6) is 0 Å². The summed E-state index contributed by atoms with van der Waals surface area (Å²) in [4.78, 5) is 12.4. The van der Waals surface area contributed by atoms with E-state index in [2.05, 4.69) is 15.0 Å². The first-order valence-corrected chi connectivity index (χ1v) is 4.16. The van der Waals surface area contributed by atoms with Crippen LogP contribution in [-0.4, -0.2) is 26.6 Å². The molecule has 0 saturated carbocycles. The van der Waals surface area contributed by atoms with E-state index in [9.17, 15) is 0 Å². The number of rotatable bonds is 2. The molecule has 6 nitrogen and oxygen atoms in total. The molecule has 2 heterocycles. The number of hydrogen-bond acceptors (Lipinski definition) is 5. The first kappa shape index (κ1) is 8.89. The molecule has 0 unspecified atom stereocenters. The molecule has 2 aromatic heterocycles. The molecule has 0 atom stereocenters. The molecule has 0 radical (unpaired) electrons. The molecule has 0 fully saturated rings. The van der Waals surface area contributed by atoms with Crippen LogP contribution in [0.4, 0.5) is 5.82 Å². The van der Waals surface area contributed by atoms with Gasteiger partial charge in [-0.05, 0) is 6.92 Å². The second-order valence-electron chi connectivity index (χ2n) is 2.96. The molecule has 2 rings (SSSR count). The monoisotopic (exact) mass is 193 g/mol. The van der Waals surface area contributed by atoms with Gasteiger partial charge in [0.15, 0.2) is 11.5 Å². The highest BCUT2D eigenvalue weighted by Crippen LogP contribution is 2.15. The first-order valence-electron chi connectivity index (χ1n) is 4.16. The third kappa shape index (κ3) is 1.29. The van der Waals surface area contributed by atoms with Crippen LogP contribution in [0.2, 0.25) is 0 Å². The third-order valence-electron chi connectivity index (χ3n) is 1.87. The quantitative estimate of drug-likeness (QED) is 0.743. The molecule has 6 heteroatoms. The molecule has 74 valence electrons. The van der Waals surface area contributed by atoms with Gasteiger partial charge in [0.25, 0.3) is 0 Å². The standard InChI is InChI=1S/C8H11N5O/c1-5-11-7(9)6-8(12-5)13(3-10-6)4-14-2/h3H,4H2,1-2H3,(H2,9,11,12). The normalized spacial score (nSPS) is 11.0. The average Bonchev–Trinajstić information content (AvgIpc) is 2.49. The van der Waals surface area contributed by atoms with Crippen LogP contribution in [0.3, 0.4) is 0 Å². The fourth-order valence-corrected chi connectivity index (χ4v) is 1.31. The predicted octanol–water partition coefficient (Wildman–Crippen LogP) is 0.321. The third-order valence-corrected chi connectivity index (χ3v) is 1.87. The fourth-order valence-electron chi connectivity index (χ4n) is 1.31. The van der Waals surface area contributed by atoms with Crippen molar-refractivity contribution in [3.8, 4) is 0 Å². The number of ether oxygens (including phenoxy) is 1. The maximum absolute atomic E-state index is 5.70. The second kappa shape index (κ2) is 3.22. The SMILES string of the molecule is COCn1cnc2c(N)nc(C)nc21. The Bertz CT molecular complexity index is 464. The molecular formula is C8H11N5O. The smallest absolute Gasteiger partial charge is 0.167 e. The largest absolute Gasteiger partial charge is 0.382 e. The fraction of sp³-hybridized carbons (Fsp3) is 0.375. The minimum absolute atomic E-state index is 0.405. The molecule has 14 heavy (non-hydrogen) atoms. The minimum atomic E-state index is 0.405. The van der Waals surface area contributed by atoms with Crippen LogP contribution < -0.4 is 5.73 Å². The molecule has 0 spiro atoms. The Kier molecular flexibility index (Phi) is 2.05. The van der Waals surface area contributed by atoms with Crippen LogP contribution in [0.1, 0.15) is 5.82 Å². The molecule has 0 aliphatic rings. The summed E-state index contributed by atoms with van der Waals surface area (Å²) < 4.78 is 6.77. The molecule has 0 amide bonds. The maximum Gasteiger partial charge on any atom is 0.167 e. The number of nitrogen functional groups attached to an aromatic ring is 1. The Labute approximate surface area is 80.7 Å². The summed E-state index contributed by atoms with van der Waals surface area (Å²) in [6.07, 6.45) is 1.64. The van der Waals surface area contributed by atoms with Gasteiger partial charge in [-0.2, -0.15) is 0 Å². The Morgan fingerprint density at radius 1 is 1.50 bits per heavy atom. The molecule has 0 bridgehead atoms. The van der Waals surface area contributed by atoms with E-state index in [-0.39, 0.29) is 0 Å². The van der Waals surface area contributed by atoms with E-state index < -0.39 is 0 Å². The number of anilines is 1. The van der Waals surface area contributed by atoms with Crippen LogP contribution in [0.25, 0.3) is 11.2 Å².